The average molecular weight is 619 g/mol. The fourth-order valence-electron chi connectivity index (χ4n) is 3.18. The number of nitrogens with zero attached hydrogens (tertiary/aromatic N) is 1. The molecule has 1 heterocycles. The third-order valence-electron chi connectivity index (χ3n) is 4.80. The Bertz CT molecular complexity index is 1310. The maximum atomic E-state index is 12.5. The summed E-state index contributed by atoms with van der Waals surface area (Å²) in [4.78, 5) is 29.3. The number of carbonyl (C=O) groups excluding carboxylic acids is 2. The van der Waals surface area contributed by atoms with Crippen molar-refractivity contribution >= 4 is 69.0 Å². The lowest BCUT2D eigenvalue weighted by molar-refractivity contribution is -0.115. The van der Waals surface area contributed by atoms with E-state index < -0.39 is 5.91 Å². The van der Waals surface area contributed by atoms with Crippen LogP contribution in [-0.4, -0.2) is 23.6 Å². The Morgan fingerprint density at radius 1 is 1.11 bits per heavy atom. The van der Waals surface area contributed by atoms with Gasteiger partial charge in [0, 0.05) is 10.6 Å². The van der Waals surface area contributed by atoms with Gasteiger partial charge in [-0.15, -0.1) is 0 Å². The van der Waals surface area contributed by atoms with Crippen molar-refractivity contribution < 1.29 is 19.1 Å². The first-order valence-corrected chi connectivity index (χ1v) is 12.9. The number of benzene rings is 3. The summed E-state index contributed by atoms with van der Waals surface area (Å²) in [6, 6.07) is 19.9. The molecule has 0 spiro atoms. The van der Waals surface area contributed by atoms with Crippen LogP contribution in [0.4, 0.5) is 0 Å². The van der Waals surface area contributed by atoms with E-state index in [9.17, 15) is 9.59 Å². The maximum Gasteiger partial charge on any atom is 0.279 e. The zero-order valence-electron chi connectivity index (χ0n) is 18.6. The van der Waals surface area contributed by atoms with Crippen molar-refractivity contribution in [1.29, 1.82) is 0 Å². The number of hydrogen-bond donors (Lipinski definition) is 1. The Morgan fingerprint density at radius 3 is 2.57 bits per heavy atom. The predicted molar refractivity (Wildman–Crippen MR) is 148 cm³/mol. The molecule has 3 aromatic rings. The lowest BCUT2D eigenvalue weighted by Gasteiger charge is -2.15. The van der Waals surface area contributed by atoms with Crippen molar-refractivity contribution in [3.63, 3.8) is 0 Å². The molecule has 9 heteroatoms. The molecule has 1 fully saturated rings. The van der Waals surface area contributed by atoms with Gasteiger partial charge in [-0.2, -0.15) is 4.99 Å². The van der Waals surface area contributed by atoms with E-state index in [2.05, 4.69) is 32.9 Å². The minimum atomic E-state index is -0.412. The van der Waals surface area contributed by atoms with Crippen molar-refractivity contribution in [2.75, 3.05) is 6.61 Å². The maximum absolute atomic E-state index is 12.5. The summed E-state index contributed by atoms with van der Waals surface area (Å²) >= 11 is 9.26. The van der Waals surface area contributed by atoms with Gasteiger partial charge in [-0.05, 0) is 94.9 Å². The smallest absolute Gasteiger partial charge is 0.279 e. The van der Waals surface area contributed by atoms with Gasteiger partial charge in [-0.25, -0.2) is 0 Å². The zero-order valence-corrected chi connectivity index (χ0v) is 22.3. The van der Waals surface area contributed by atoms with Crippen LogP contribution in [0.15, 0.2) is 76.6 Å². The Hall–Kier alpha value is -2.82. The lowest BCUT2D eigenvalue weighted by atomic mass is 10.2. The zero-order chi connectivity index (χ0) is 24.8. The number of amidine groups is 1. The molecule has 0 saturated carbocycles. The van der Waals surface area contributed by atoms with Crippen LogP contribution in [-0.2, 0) is 11.4 Å². The normalized spacial score (nSPS) is 15.3. The Balaban J connectivity index is 1.53. The molecule has 4 rings (SSSR count). The van der Waals surface area contributed by atoms with Gasteiger partial charge in [0.25, 0.3) is 11.8 Å². The molecule has 2 amide bonds. The Morgan fingerprint density at radius 2 is 1.86 bits per heavy atom. The van der Waals surface area contributed by atoms with E-state index in [0.717, 1.165) is 26.5 Å². The molecule has 35 heavy (non-hydrogen) atoms. The molecule has 1 N–H and O–H groups in total. The molecule has 1 saturated heterocycles. The lowest BCUT2D eigenvalue weighted by Crippen LogP contribution is -2.20. The van der Waals surface area contributed by atoms with Crippen LogP contribution in [0, 0.1) is 3.57 Å². The van der Waals surface area contributed by atoms with E-state index in [-0.39, 0.29) is 11.1 Å². The average Bonchev–Trinajstić information content (AvgIpc) is 3.18. The number of aliphatic imine (C=N–C) groups is 1. The molecule has 0 unspecified atom stereocenters. The topological polar surface area (TPSA) is 77.0 Å². The van der Waals surface area contributed by atoms with Crippen LogP contribution in [0.1, 0.15) is 28.4 Å². The minimum Gasteiger partial charge on any atom is -0.490 e. The highest BCUT2D eigenvalue weighted by Gasteiger charge is 2.25. The highest BCUT2D eigenvalue weighted by Crippen LogP contribution is 2.36. The van der Waals surface area contributed by atoms with E-state index in [4.69, 9.17) is 21.1 Å². The Kier molecular flexibility index (Phi) is 8.48. The fraction of sp³-hybridized carbons (Fsp3) is 0.115. The molecule has 0 radical (unpaired) electrons. The number of carbonyl (C=O) groups is 2. The Labute approximate surface area is 225 Å². The van der Waals surface area contributed by atoms with Crippen molar-refractivity contribution in [3.05, 3.63) is 96.9 Å². The number of hydrogen-bond acceptors (Lipinski definition) is 5. The number of amides is 2. The highest BCUT2D eigenvalue weighted by atomic mass is 127. The van der Waals surface area contributed by atoms with Crippen LogP contribution in [0.25, 0.3) is 6.08 Å². The van der Waals surface area contributed by atoms with Crippen LogP contribution >= 0.6 is 46.0 Å². The van der Waals surface area contributed by atoms with Crippen molar-refractivity contribution in [3.8, 4) is 11.5 Å². The third kappa shape index (κ3) is 6.65. The van der Waals surface area contributed by atoms with E-state index in [1.54, 1.807) is 30.3 Å². The van der Waals surface area contributed by atoms with E-state index >= 15 is 0 Å². The van der Waals surface area contributed by atoms with Crippen LogP contribution < -0.4 is 14.8 Å². The van der Waals surface area contributed by atoms with Gasteiger partial charge in [0.05, 0.1) is 15.1 Å². The first-order valence-electron chi connectivity index (χ1n) is 10.7. The van der Waals surface area contributed by atoms with E-state index in [1.165, 1.54) is 0 Å². The second-order valence-electron chi connectivity index (χ2n) is 7.33. The molecular formula is C26H20ClIN2O4S. The monoisotopic (exact) mass is 618 g/mol. The van der Waals surface area contributed by atoms with E-state index in [1.807, 2.05) is 49.4 Å². The van der Waals surface area contributed by atoms with Crippen LogP contribution in [0.3, 0.4) is 0 Å². The molecule has 0 aliphatic carbocycles. The SMILES string of the molecule is CCOc1cc(/C=C2\SC(=NC(=O)c3ccccc3)NC2=O)cc(I)c1OCc1ccc(Cl)cc1. The molecule has 178 valence electrons. The number of nitrogens with one attached hydrogen (secondary N) is 1. The van der Waals surface area contributed by atoms with Gasteiger partial charge in [0.15, 0.2) is 16.7 Å². The number of halogens is 2. The molecule has 0 aromatic heterocycles. The van der Waals surface area contributed by atoms with Gasteiger partial charge in [-0.1, -0.05) is 41.9 Å². The molecule has 1 aliphatic heterocycles. The quantitative estimate of drug-likeness (QED) is 0.248. The summed E-state index contributed by atoms with van der Waals surface area (Å²) in [5, 5.41) is 3.57. The number of ether oxygens (including phenoxy) is 2. The predicted octanol–water partition coefficient (Wildman–Crippen LogP) is 6.32. The standard InChI is InChI=1S/C26H20ClIN2O4S/c1-2-33-21-13-17(12-20(28)23(21)34-15-16-8-10-19(27)11-9-16)14-22-25(32)30-26(35-22)29-24(31)18-6-4-3-5-7-18/h3-14H,2,15H2,1H3,(H,29,30,31,32)/b22-14-. The van der Waals surface area contributed by atoms with Gasteiger partial charge in [-0.3, -0.25) is 9.59 Å². The molecule has 1 aliphatic rings. The molecule has 3 aromatic carbocycles. The first kappa shape index (κ1) is 25.3. The van der Waals surface area contributed by atoms with Crippen LogP contribution in [0.2, 0.25) is 5.02 Å². The van der Waals surface area contributed by atoms with E-state index in [0.29, 0.717) is 40.2 Å². The summed E-state index contributed by atoms with van der Waals surface area (Å²) in [5.41, 5.74) is 2.21. The highest BCUT2D eigenvalue weighted by molar-refractivity contribution is 14.1. The summed E-state index contributed by atoms with van der Waals surface area (Å²) in [5.74, 6) is 0.483. The van der Waals surface area contributed by atoms with Crippen molar-refractivity contribution in [2.45, 2.75) is 13.5 Å². The van der Waals surface area contributed by atoms with Crippen LogP contribution in [0.5, 0.6) is 11.5 Å². The van der Waals surface area contributed by atoms with Gasteiger partial charge in [0.2, 0.25) is 0 Å². The summed E-state index contributed by atoms with van der Waals surface area (Å²) in [7, 11) is 0. The third-order valence-corrected chi connectivity index (χ3v) is 6.76. The van der Waals surface area contributed by atoms with Crippen molar-refractivity contribution in [1.82, 2.24) is 5.32 Å². The second-order valence-corrected chi connectivity index (χ2v) is 9.96. The molecular weight excluding hydrogens is 599 g/mol. The molecule has 0 atom stereocenters. The summed E-state index contributed by atoms with van der Waals surface area (Å²) in [6.07, 6.45) is 1.74. The number of rotatable bonds is 7. The fourth-order valence-corrected chi connectivity index (χ4v) is 4.91. The summed E-state index contributed by atoms with van der Waals surface area (Å²) < 4.78 is 12.7. The second kappa shape index (κ2) is 11.7. The minimum absolute atomic E-state index is 0.248. The first-order chi connectivity index (χ1) is 16.9. The van der Waals surface area contributed by atoms with Gasteiger partial charge in [0.1, 0.15) is 6.61 Å². The van der Waals surface area contributed by atoms with Crippen molar-refractivity contribution in [2.24, 2.45) is 4.99 Å². The molecule has 0 bridgehead atoms. The van der Waals surface area contributed by atoms with Gasteiger partial charge < -0.3 is 14.8 Å². The largest absolute Gasteiger partial charge is 0.490 e. The molecule has 6 nitrogen and oxygen atoms in total. The van der Waals surface area contributed by atoms with Gasteiger partial charge >= 0.3 is 0 Å². The summed E-state index contributed by atoms with van der Waals surface area (Å²) in [6.45, 7) is 2.72. The number of thioether (sulfide) groups is 1.